The molecule has 0 atom stereocenters. The first-order chi connectivity index (χ1) is 8.56. The Hall–Kier alpha value is -2.29. The molecule has 0 bridgehead atoms. The summed E-state index contributed by atoms with van der Waals surface area (Å²) in [5.74, 6) is -0.123. The summed E-state index contributed by atoms with van der Waals surface area (Å²) in [5.41, 5.74) is 9.91. The second-order valence-electron chi connectivity index (χ2n) is 4.39. The summed E-state index contributed by atoms with van der Waals surface area (Å²) in [6, 6.07) is 12.8. The first-order valence-electron chi connectivity index (χ1n) is 5.80. The Bertz CT molecular complexity index is 574. The van der Waals surface area contributed by atoms with Crippen molar-refractivity contribution < 1.29 is 4.79 Å². The minimum Gasteiger partial charge on any atom is -0.399 e. The molecule has 2 rings (SSSR count). The van der Waals surface area contributed by atoms with Gasteiger partial charge in [-0.1, -0.05) is 17.7 Å². The minimum absolute atomic E-state index is 0.123. The highest BCUT2D eigenvalue weighted by Gasteiger charge is 2.07. The van der Waals surface area contributed by atoms with E-state index in [1.165, 1.54) is 5.56 Å². The second-order valence-corrected chi connectivity index (χ2v) is 4.39. The average molecular weight is 240 g/mol. The van der Waals surface area contributed by atoms with Gasteiger partial charge >= 0.3 is 0 Å². The lowest BCUT2D eigenvalue weighted by molar-refractivity contribution is 0.102. The van der Waals surface area contributed by atoms with Crippen molar-refractivity contribution in [2.24, 2.45) is 0 Å². The number of nitrogens with two attached hydrogens (primary N) is 1. The highest BCUT2D eigenvalue weighted by atomic mass is 16.1. The Kier molecular flexibility index (Phi) is 3.33. The van der Waals surface area contributed by atoms with Crippen molar-refractivity contribution in [3.63, 3.8) is 0 Å². The number of hydrogen-bond donors (Lipinski definition) is 2. The molecule has 2 aromatic carbocycles. The van der Waals surface area contributed by atoms with Gasteiger partial charge in [0.05, 0.1) is 0 Å². The van der Waals surface area contributed by atoms with Crippen molar-refractivity contribution in [1.29, 1.82) is 0 Å². The van der Waals surface area contributed by atoms with Gasteiger partial charge in [0, 0.05) is 16.9 Å². The zero-order chi connectivity index (χ0) is 13.1. The van der Waals surface area contributed by atoms with Crippen LogP contribution in [0.2, 0.25) is 0 Å². The van der Waals surface area contributed by atoms with E-state index in [-0.39, 0.29) is 5.91 Å². The molecule has 3 N–H and O–H groups in total. The van der Waals surface area contributed by atoms with E-state index >= 15 is 0 Å². The molecule has 0 radical (unpaired) electrons. The molecule has 2 aromatic rings. The number of nitrogens with one attached hydrogen (secondary N) is 1. The number of rotatable bonds is 2. The van der Waals surface area contributed by atoms with Crippen LogP contribution in [-0.2, 0) is 0 Å². The summed E-state index contributed by atoms with van der Waals surface area (Å²) in [7, 11) is 0. The summed E-state index contributed by atoms with van der Waals surface area (Å²) in [5, 5.41) is 2.89. The molecule has 0 aliphatic heterocycles. The van der Waals surface area contributed by atoms with E-state index in [0.29, 0.717) is 11.3 Å². The molecular weight excluding hydrogens is 224 g/mol. The normalized spacial score (nSPS) is 10.1. The Morgan fingerprint density at radius 2 is 1.72 bits per heavy atom. The summed E-state index contributed by atoms with van der Waals surface area (Å²) >= 11 is 0. The molecule has 3 heteroatoms. The third kappa shape index (κ3) is 2.69. The minimum atomic E-state index is -0.123. The molecular formula is C15H16N2O. The van der Waals surface area contributed by atoms with Crippen LogP contribution in [0.25, 0.3) is 0 Å². The quantitative estimate of drug-likeness (QED) is 0.792. The third-order valence-electron chi connectivity index (χ3n) is 2.80. The number of carbonyl (C=O) groups excluding carboxylic acids is 1. The molecule has 0 aliphatic rings. The van der Waals surface area contributed by atoms with Crippen LogP contribution in [0.15, 0.2) is 42.5 Å². The Morgan fingerprint density at radius 3 is 2.33 bits per heavy atom. The summed E-state index contributed by atoms with van der Waals surface area (Å²) in [6.07, 6.45) is 0. The Balaban J connectivity index is 2.18. The molecule has 0 fully saturated rings. The van der Waals surface area contributed by atoms with E-state index in [1.807, 2.05) is 32.0 Å². The number of benzene rings is 2. The number of amides is 1. The van der Waals surface area contributed by atoms with Gasteiger partial charge in [0.15, 0.2) is 0 Å². The van der Waals surface area contributed by atoms with Gasteiger partial charge in [0.2, 0.25) is 0 Å². The first-order valence-corrected chi connectivity index (χ1v) is 5.80. The van der Waals surface area contributed by atoms with Crippen LogP contribution in [0.4, 0.5) is 11.4 Å². The number of aryl methyl sites for hydroxylation is 2. The van der Waals surface area contributed by atoms with E-state index in [1.54, 1.807) is 24.3 Å². The predicted octanol–water partition coefficient (Wildman–Crippen LogP) is 3.14. The topological polar surface area (TPSA) is 55.1 Å². The molecule has 1 amide bonds. The lowest BCUT2D eigenvalue weighted by atomic mass is 10.1. The van der Waals surface area contributed by atoms with Crippen molar-refractivity contribution in [2.75, 3.05) is 11.1 Å². The third-order valence-corrected chi connectivity index (χ3v) is 2.80. The number of hydrogen-bond acceptors (Lipinski definition) is 2. The summed E-state index contributed by atoms with van der Waals surface area (Å²) in [6.45, 7) is 4.00. The van der Waals surface area contributed by atoms with E-state index in [4.69, 9.17) is 5.73 Å². The van der Waals surface area contributed by atoms with Crippen LogP contribution in [0, 0.1) is 13.8 Å². The van der Waals surface area contributed by atoms with E-state index in [2.05, 4.69) is 5.32 Å². The van der Waals surface area contributed by atoms with Crippen LogP contribution >= 0.6 is 0 Å². The number of nitrogen functional groups attached to an aromatic ring is 1. The van der Waals surface area contributed by atoms with Gasteiger partial charge in [0.1, 0.15) is 0 Å². The SMILES string of the molecule is Cc1ccc(NC(=O)c2ccc(N)cc2)c(C)c1. The fraction of sp³-hybridized carbons (Fsp3) is 0.133. The van der Waals surface area contributed by atoms with E-state index in [0.717, 1.165) is 11.3 Å². The number of carbonyl (C=O) groups is 1. The Morgan fingerprint density at radius 1 is 1.06 bits per heavy atom. The molecule has 3 nitrogen and oxygen atoms in total. The molecule has 0 aromatic heterocycles. The predicted molar refractivity (Wildman–Crippen MR) is 74.7 cm³/mol. The molecule has 0 unspecified atom stereocenters. The maximum atomic E-state index is 12.0. The largest absolute Gasteiger partial charge is 0.399 e. The van der Waals surface area contributed by atoms with Crippen molar-refractivity contribution in [3.05, 3.63) is 59.2 Å². The monoisotopic (exact) mass is 240 g/mol. The molecule has 0 saturated heterocycles. The van der Waals surface area contributed by atoms with Gasteiger partial charge < -0.3 is 11.1 Å². The zero-order valence-corrected chi connectivity index (χ0v) is 10.5. The molecule has 0 spiro atoms. The lowest BCUT2D eigenvalue weighted by Gasteiger charge is -2.09. The first kappa shape index (κ1) is 12.2. The van der Waals surface area contributed by atoms with Crippen LogP contribution in [0.1, 0.15) is 21.5 Å². The van der Waals surface area contributed by atoms with Crippen molar-refractivity contribution >= 4 is 17.3 Å². The lowest BCUT2D eigenvalue weighted by Crippen LogP contribution is -2.12. The highest BCUT2D eigenvalue weighted by Crippen LogP contribution is 2.17. The molecule has 0 aliphatic carbocycles. The van der Waals surface area contributed by atoms with Crippen LogP contribution in [0.3, 0.4) is 0 Å². The van der Waals surface area contributed by atoms with Gasteiger partial charge in [0.25, 0.3) is 5.91 Å². The van der Waals surface area contributed by atoms with Crippen molar-refractivity contribution in [1.82, 2.24) is 0 Å². The van der Waals surface area contributed by atoms with Gasteiger partial charge in [-0.3, -0.25) is 4.79 Å². The van der Waals surface area contributed by atoms with Crippen LogP contribution in [-0.4, -0.2) is 5.91 Å². The van der Waals surface area contributed by atoms with Crippen LogP contribution < -0.4 is 11.1 Å². The zero-order valence-electron chi connectivity index (χ0n) is 10.5. The average Bonchev–Trinajstić information content (AvgIpc) is 2.33. The fourth-order valence-corrected chi connectivity index (χ4v) is 1.78. The Labute approximate surface area is 107 Å². The molecule has 0 saturated carbocycles. The van der Waals surface area contributed by atoms with Crippen LogP contribution in [0.5, 0.6) is 0 Å². The molecule has 18 heavy (non-hydrogen) atoms. The summed E-state index contributed by atoms with van der Waals surface area (Å²) < 4.78 is 0. The summed E-state index contributed by atoms with van der Waals surface area (Å²) in [4.78, 5) is 12.0. The second kappa shape index (κ2) is 4.92. The highest BCUT2D eigenvalue weighted by molar-refractivity contribution is 6.04. The smallest absolute Gasteiger partial charge is 0.255 e. The molecule has 0 heterocycles. The van der Waals surface area contributed by atoms with Crippen molar-refractivity contribution in [2.45, 2.75) is 13.8 Å². The van der Waals surface area contributed by atoms with Gasteiger partial charge in [-0.15, -0.1) is 0 Å². The fourth-order valence-electron chi connectivity index (χ4n) is 1.78. The maximum absolute atomic E-state index is 12.0. The van der Waals surface area contributed by atoms with E-state index < -0.39 is 0 Å². The van der Waals surface area contributed by atoms with E-state index in [9.17, 15) is 4.79 Å². The molecule has 92 valence electrons. The van der Waals surface area contributed by atoms with Gasteiger partial charge in [-0.25, -0.2) is 0 Å². The van der Waals surface area contributed by atoms with Gasteiger partial charge in [-0.2, -0.15) is 0 Å². The standard InChI is InChI=1S/C15H16N2O/c1-10-3-8-14(11(2)9-10)17-15(18)12-4-6-13(16)7-5-12/h3-9H,16H2,1-2H3,(H,17,18). The van der Waals surface area contributed by atoms with Gasteiger partial charge in [-0.05, 0) is 49.7 Å². The number of anilines is 2. The van der Waals surface area contributed by atoms with Crippen molar-refractivity contribution in [3.8, 4) is 0 Å². The maximum Gasteiger partial charge on any atom is 0.255 e.